The van der Waals surface area contributed by atoms with E-state index in [0.717, 1.165) is 17.3 Å². The molecule has 0 radical (unpaired) electrons. The Bertz CT molecular complexity index is 586. The van der Waals surface area contributed by atoms with Gasteiger partial charge in [0.25, 0.3) is 10.1 Å². The van der Waals surface area contributed by atoms with Crippen molar-refractivity contribution in [3.05, 3.63) is 35.9 Å². The second kappa shape index (κ2) is 8.16. The predicted molar refractivity (Wildman–Crippen MR) is 81.3 cm³/mol. The summed E-state index contributed by atoms with van der Waals surface area (Å²) in [6, 6.07) is 9.21. The summed E-state index contributed by atoms with van der Waals surface area (Å²) in [4.78, 5) is 23.0. The van der Waals surface area contributed by atoms with E-state index in [1.807, 2.05) is 30.3 Å². The summed E-state index contributed by atoms with van der Waals surface area (Å²) in [5.41, 5.74) is 0.911. The molecule has 1 atom stereocenters. The minimum absolute atomic E-state index is 0.115. The number of nitrogens with one attached hydrogen (secondary N) is 1. The monoisotopic (exact) mass is 331 g/mol. The topological polar surface area (TPSA) is 101 Å². The van der Waals surface area contributed by atoms with Gasteiger partial charge in [0.1, 0.15) is 5.88 Å². The SMILES string of the molecule is CC(=O)SCC(Cc1ccccc1)C(=O)NCS(=O)(=O)O. The van der Waals surface area contributed by atoms with Gasteiger partial charge >= 0.3 is 0 Å². The number of hydrogen-bond donors (Lipinski definition) is 2. The third-order valence-electron chi connectivity index (χ3n) is 2.61. The lowest BCUT2D eigenvalue weighted by Crippen LogP contribution is -2.36. The van der Waals surface area contributed by atoms with Crippen molar-refractivity contribution in [2.24, 2.45) is 5.92 Å². The first-order valence-corrected chi connectivity index (χ1v) is 8.77. The normalized spacial score (nSPS) is 12.7. The van der Waals surface area contributed by atoms with E-state index in [-0.39, 0.29) is 10.9 Å². The van der Waals surface area contributed by atoms with Crippen molar-refractivity contribution >= 4 is 32.9 Å². The maximum Gasteiger partial charge on any atom is 0.283 e. The van der Waals surface area contributed by atoms with Gasteiger partial charge in [-0.2, -0.15) is 8.42 Å². The first-order chi connectivity index (χ1) is 9.78. The van der Waals surface area contributed by atoms with Gasteiger partial charge in [-0.1, -0.05) is 42.1 Å². The fourth-order valence-electron chi connectivity index (χ4n) is 1.65. The summed E-state index contributed by atoms with van der Waals surface area (Å²) in [6.07, 6.45) is 0.387. The van der Waals surface area contributed by atoms with E-state index in [1.165, 1.54) is 6.92 Å². The van der Waals surface area contributed by atoms with Gasteiger partial charge in [-0.3, -0.25) is 14.1 Å². The first kappa shape index (κ1) is 17.7. The second-order valence-electron chi connectivity index (χ2n) is 4.46. The highest BCUT2D eigenvalue weighted by Crippen LogP contribution is 2.15. The molecule has 21 heavy (non-hydrogen) atoms. The smallest absolute Gasteiger partial charge is 0.283 e. The Kier molecular flexibility index (Phi) is 6.86. The van der Waals surface area contributed by atoms with E-state index in [0.29, 0.717) is 6.42 Å². The van der Waals surface area contributed by atoms with E-state index in [1.54, 1.807) is 0 Å². The molecule has 0 saturated carbocycles. The zero-order valence-corrected chi connectivity index (χ0v) is 13.1. The highest BCUT2D eigenvalue weighted by atomic mass is 32.2. The van der Waals surface area contributed by atoms with Gasteiger partial charge in [-0.15, -0.1) is 0 Å². The van der Waals surface area contributed by atoms with Crippen LogP contribution in [0.25, 0.3) is 0 Å². The molecule has 0 fully saturated rings. The number of carbonyl (C=O) groups is 2. The molecule has 0 saturated heterocycles. The Labute approximate surface area is 128 Å². The van der Waals surface area contributed by atoms with Crippen LogP contribution < -0.4 is 5.32 Å². The summed E-state index contributed by atoms with van der Waals surface area (Å²) >= 11 is 1.01. The Balaban J connectivity index is 2.71. The minimum Gasteiger partial charge on any atom is -0.340 e. The van der Waals surface area contributed by atoms with Gasteiger partial charge in [-0.05, 0) is 12.0 Å². The molecule has 1 rings (SSSR count). The molecule has 0 bridgehead atoms. The molecule has 116 valence electrons. The van der Waals surface area contributed by atoms with E-state index in [9.17, 15) is 18.0 Å². The molecule has 0 aliphatic heterocycles. The van der Waals surface area contributed by atoms with E-state index >= 15 is 0 Å². The Morgan fingerprint density at radius 1 is 1.29 bits per heavy atom. The quantitative estimate of drug-likeness (QED) is 0.725. The van der Waals surface area contributed by atoms with Crippen molar-refractivity contribution in [3.63, 3.8) is 0 Å². The third kappa shape index (κ3) is 7.84. The molecule has 1 unspecified atom stereocenters. The molecule has 0 aromatic heterocycles. The maximum absolute atomic E-state index is 12.0. The average molecular weight is 331 g/mol. The van der Waals surface area contributed by atoms with Crippen molar-refractivity contribution in [1.29, 1.82) is 0 Å². The summed E-state index contributed by atoms with van der Waals surface area (Å²) in [5, 5.41) is 2.05. The van der Waals surface area contributed by atoms with Gasteiger partial charge in [0.05, 0.1) is 5.92 Å². The van der Waals surface area contributed by atoms with Gasteiger partial charge in [0, 0.05) is 12.7 Å². The number of thioether (sulfide) groups is 1. The van der Waals surface area contributed by atoms with Crippen LogP contribution in [-0.2, 0) is 26.1 Å². The summed E-state index contributed by atoms with van der Waals surface area (Å²) in [5.74, 6) is -1.64. The summed E-state index contributed by atoms with van der Waals surface area (Å²) in [6.45, 7) is 1.40. The van der Waals surface area contributed by atoms with Crippen molar-refractivity contribution in [3.8, 4) is 0 Å². The molecule has 0 aliphatic rings. The minimum atomic E-state index is -4.26. The molecule has 0 spiro atoms. The molecule has 0 heterocycles. The molecule has 8 heteroatoms. The molecule has 0 aliphatic carbocycles. The van der Waals surface area contributed by atoms with Gasteiger partial charge in [-0.25, -0.2) is 0 Å². The maximum atomic E-state index is 12.0. The zero-order chi connectivity index (χ0) is 15.9. The molecule has 1 amide bonds. The van der Waals surface area contributed by atoms with Crippen LogP contribution in [0.1, 0.15) is 12.5 Å². The van der Waals surface area contributed by atoms with Gasteiger partial charge in [0.2, 0.25) is 5.91 Å². The summed E-state index contributed by atoms with van der Waals surface area (Å²) < 4.78 is 30.0. The number of hydrogen-bond acceptors (Lipinski definition) is 5. The van der Waals surface area contributed by atoms with Crippen LogP contribution in [0.3, 0.4) is 0 Å². The van der Waals surface area contributed by atoms with Crippen LogP contribution in [0.5, 0.6) is 0 Å². The van der Waals surface area contributed by atoms with Crippen LogP contribution in [0, 0.1) is 5.92 Å². The number of amides is 1. The van der Waals surface area contributed by atoms with Crippen LogP contribution >= 0.6 is 11.8 Å². The molecule has 6 nitrogen and oxygen atoms in total. The van der Waals surface area contributed by atoms with Crippen LogP contribution in [0.15, 0.2) is 30.3 Å². The molecular weight excluding hydrogens is 314 g/mol. The number of benzene rings is 1. The van der Waals surface area contributed by atoms with Crippen LogP contribution in [0.4, 0.5) is 0 Å². The standard InChI is InChI=1S/C13H17NO5S2/c1-10(15)20-8-12(7-11-5-3-2-4-6-11)13(16)14-9-21(17,18)19/h2-6,12H,7-9H2,1H3,(H,14,16)(H,17,18,19). The van der Waals surface area contributed by atoms with Gasteiger partial charge < -0.3 is 5.32 Å². The van der Waals surface area contributed by atoms with Crippen LogP contribution in [-0.4, -0.2) is 35.6 Å². The second-order valence-corrected chi connectivity index (χ2v) is 7.11. The van der Waals surface area contributed by atoms with Crippen molar-refractivity contribution < 1.29 is 22.6 Å². The summed E-state index contributed by atoms with van der Waals surface area (Å²) in [7, 11) is -4.26. The lowest BCUT2D eigenvalue weighted by Gasteiger charge is -2.15. The molecular formula is C13H17NO5S2. The highest BCUT2D eigenvalue weighted by molar-refractivity contribution is 8.13. The molecule has 1 aromatic carbocycles. The third-order valence-corrected chi connectivity index (χ3v) is 4.10. The van der Waals surface area contributed by atoms with Crippen LogP contribution in [0.2, 0.25) is 0 Å². The predicted octanol–water partition coefficient (Wildman–Crippen LogP) is 1.09. The Morgan fingerprint density at radius 3 is 2.43 bits per heavy atom. The Hall–Kier alpha value is -1.38. The molecule has 2 N–H and O–H groups in total. The van der Waals surface area contributed by atoms with E-state index in [4.69, 9.17) is 4.55 Å². The zero-order valence-electron chi connectivity index (χ0n) is 11.5. The highest BCUT2D eigenvalue weighted by Gasteiger charge is 2.21. The number of rotatable bonds is 7. The fraction of sp³-hybridized carbons (Fsp3) is 0.385. The van der Waals surface area contributed by atoms with Crippen molar-refractivity contribution in [2.45, 2.75) is 13.3 Å². The lowest BCUT2D eigenvalue weighted by atomic mass is 10.0. The number of carbonyl (C=O) groups excluding carboxylic acids is 2. The van der Waals surface area contributed by atoms with Crippen molar-refractivity contribution in [2.75, 3.05) is 11.6 Å². The average Bonchev–Trinajstić information content (AvgIpc) is 2.41. The molecule has 1 aromatic rings. The van der Waals surface area contributed by atoms with E-state index in [2.05, 4.69) is 5.32 Å². The largest absolute Gasteiger partial charge is 0.340 e. The Morgan fingerprint density at radius 2 is 1.90 bits per heavy atom. The van der Waals surface area contributed by atoms with Crippen molar-refractivity contribution in [1.82, 2.24) is 5.32 Å². The first-order valence-electron chi connectivity index (χ1n) is 6.18. The lowest BCUT2D eigenvalue weighted by molar-refractivity contribution is -0.124. The van der Waals surface area contributed by atoms with E-state index < -0.39 is 27.8 Å². The van der Waals surface area contributed by atoms with Gasteiger partial charge in [0.15, 0.2) is 5.12 Å². The fourth-order valence-corrected chi connectivity index (χ4v) is 2.68.